The molecule has 2 aromatic rings. The van der Waals surface area contributed by atoms with Crippen LogP contribution in [0, 0.1) is 10.1 Å². The summed E-state index contributed by atoms with van der Waals surface area (Å²) in [6.45, 7) is 2.61. The number of anilines is 1. The summed E-state index contributed by atoms with van der Waals surface area (Å²) in [5, 5.41) is 25.6. The number of benzene rings is 1. The highest BCUT2D eigenvalue weighted by Crippen LogP contribution is 2.36. The quantitative estimate of drug-likeness (QED) is 0.324. The van der Waals surface area contributed by atoms with E-state index >= 15 is 0 Å². The van der Waals surface area contributed by atoms with Crippen LogP contribution in [0.2, 0.25) is 0 Å². The fourth-order valence-electron chi connectivity index (χ4n) is 2.48. The molecule has 8 nitrogen and oxygen atoms in total. The van der Waals surface area contributed by atoms with Crippen LogP contribution in [-0.4, -0.2) is 28.6 Å². The topological polar surface area (TPSA) is 122 Å². The lowest BCUT2D eigenvalue weighted by Crippen LogP contribution is -2.29. The maximum absolute atomic E-state index is 12.0. The van der Waals surface area contributed by atoms with Crippen molar-refractivity contribution in [1.82, 2.24) is 5.32 Å². The maximum atomic E-state index is 12.0. The van der Waals surface area contributed by atoms with E-state index in [1.54, 1.807) is 6.07 Å². The monoisotopic (exact) mass is 391 g/mol. The Bertz CT molecular complexity index is 834. The van der Waals surface area contributed by atoms with Gasteiger partial charge in [-0.2, -0.15) is 0 Å². The second-order valence-corrected chi connectivity index (χ2v) is 6.96. The van der Waals surface area contributed by atoms with Crippen LogP contribution in [0.15, 0.2) is 30.3 Å². The lowest BCUT2D eigenvalue weighted by atomic mass is 10.1. The molecule has 0 atom stereocenters. The van der Waals surface area contributed by atoms with Crippen LogP contribution < -0.4 is 10.6 Å². The molecule has 2 rings (SSSR count). The van der Waals surface area contributed by atoms with E-state index in [9.17, 15) is 24.8 Å². The van der Waals surface area contributed by atoms with Gasteiger partial charge >= 0.3 is 12.0 Å². The molecule has 0 unspecified atom stereocenters. The van der Waals surface area contributed by atoms with E-state index in [4.69, 9.17) is 0 Å². The van der Waals surface area contributed by atoms with Gasteiger partial charge in [0.15, 0.2) is 0 Å². The maximum Gasteiger partial charge on any atom is 0.348 e. The number of amides is 2. The molecule has 1 heterocycles. The Morgan fingerprint density at radius 3 is 2.67 bits per heavy atom. The van der Waals surface area contributed by atoms with Crippen LogP contribution in [0.3, 0.4) is 0 Å². The Morgan fingerprint density at radius 1 is 1.22 bits per heavy atom. The molecule has 3 N–H and O–H groups in total. The van der Waals surface area contributed by atoms with Crippen LogP contribution in [0.4, 0.5) is 16.2 Å². The molecule has 0 fully saturated rings. The fraction of sp³-hybridized carbons (Fsp3) is 0.333. The van der Waals surface area contributed by atoms with Gasteiger partial charge in [0.2, 0.25) is 0 Å². The number of urea groups is 1. The summed E-state index contributed by atoms with van der Waals surface area (Å²) in [5.74, 6) is -1.17. The highest BCUT2D eigenvalue weighted by molar-refractivity contribution is 7.18. The normalized spacial score (nSPS) is 10.4. The molecule has 0 saturated carbocycles. The van der Waals surface area contributed by atoms with Gasteiger partial charge in [0.05, 0.1) is 10.6 Å². The number of thiophene rings is 1. The third-order valence-electron chi connectivity index (χ3n) is 3.83. The third-order valence-corrected chi connectivity index (χ3v) is 5.00. The number of hydrogen-bond donors (Lipinski definition) is 3. The molecule has 0 aliphatic rings. The molecule has 144 valence electrons. The second kappa shape index (κ2) is 9.67. The van der Waals surface area contributed by atoms with Gasteiger partial charge in [-0.15, -0.1) is 11.3 Å². The number of carboxylic acid groups (broad SMARTS) is 1. The van der Waals surface area contributed by atoms with Crippen molar-refractivity contribution >= 4 is 34.7 Å². The standard InChI is InChI=1S/C18H21N3O5S/c1-2-3-4-5-9-19-18(24)20-14-11-15(27-16(14)17(22)23)12-7-6-8-13(10-12)21(25)26/h6-8,10-11H,2-5,9H2,1H3,(H,22,23)(H2,19,20,24). The number of non-ortho nitro benzene ring substituents is 1. The lowest BCUT2D eigenvalue weighted by molar-refractivity contribution is -0.384. The number of nitro benzene ring substituents is 1. The summed E-state index contributed by atoms with van der Waals surface area (Å²) in [7, 11) is 0. The van der Waals surface area contributed by atoms with Crippen molar-refractivity contribution in [2.75, 3.05) is 11.9 Å². The van der Waals surface area contributed by atoms with Gasteiger partial charge in [-0.3, -0.25) is 10.1 Å². The van der Waals surface area contributed by atoms with Gasteiger partial charge in [0.1, 0.15) is 4.88 Å². The van der Waals surface area contributed by atoms with Crippen LogP contribution in [-0.2, 0) is 0 Å². The predicted octanol–water partition coefficient (Wildman–Crippen LogP) is 4.72. The number of carbonyl (C=O) groups excluding carboxylic acids is 1. The number of nitrogens with zero attached hydrogens (tertiary/aromatic N) is 1. The van der Waals surface area contributed by atoms with E-state index < -0.39 is 16.9 Å². The van der Waals surface area contributed by atoms with E-state index in [1.165, 1.54) is 24.3 Å². The van der Waals surface area contributed by atoms with Gasteiger partial charge in [-0.25, -0.2) is 9.59 Å². The first kappa shape index (κ1) is 20.4. The van der Waals surface area contributed by atoms with Gasteiger partial charge in [0.25, 0.3) is 5.69 Å². The number of nitro groups is 1. The highest BCUT2D eigenvalue weighted by atomic mass is 32.1. The predicted molar refractivity (Wildman–Crippen MR) is 105 cm³/mol. The average Bonchev–Trinajstić information content (AvgIpc) is 3.05. The molecule has 0 aliphatic carbocycles. The van der Waals surface area contributed by atoms with Crippen molar-refractivity contribution in [2.45, 2.75) is 32.6 Å². The summed E-state index contributed by atoms with van der Waals surface area (Å²) >= 11 is 0.953. The summed E-state index contributed by atoms with van der Waals surface area (Å²) < 4.78 is 0. The summed E-state index contributed by atoms with van der Waals surface area (Å²) in [6, 6.07) is 6.96. The SMILES string of the molecule is CCCCCCNC(=O)Nc1cc(-c2cccc([N+](=O)[O-])c2)sc1C(=O)O. The number of unbranched alkanes of at least 4 members (excludes halogenated alkanes) is 3. The molecule has 0 saturated heterocycles. The summed E-state index contributed by atoms with van der Waals surface area (Å²) in [5.41, 5.74) is 0.599. The molecule has 27 heavy (non-hydrogen) atoms. The van der Waals surface area contributed by atoms with Crippen LogP contribution in [0.25, 0.3) is 10.4 Å². The Labute approximate surface area is 160 Å². The second-order valence-electron chi connectivity index (χ2n) is 5.91. The molecule has 2 amide bonds. The molecule has 0 radical (unpaired) electrons. The Kier molecular flexibility index (Phi) is 7.30. The highest BCUT2D eigenvalue weighted by Gasteiger charge is 2.19. The minimum atomic E-state index is -1.17. The van der Waals surface area contributed by atoms with Crippen molar-refractivity contribution in [2.24, 2.45) is 0 Å². The number of hydrogen-bond acceptors (Lipinski definition) is 5. The fourth-order valence-corrected chi connectivity index (χ4v) is 3.43. The lowest BCUT2D eigenvalue weighted by Gasteiger charge is -2.06. The van der Waals surface area contributed by atoms with Crippen molar-refractivity contribution in [3.8, 4) is 10.4 Å². The number of nitrogens with one attached hydrogen (secondary N) is 2. The smallest absolute Gasteiger partial charge is 0.348 e. The average molecular weight is 391 g/mol. The summed E-state index contributed by atoms with van der Waals surface area (Å²) in [6.07, 6.45) is 4.08. The van der Waals surface area contributed by atoms with E-state index in [1.807, 2.05) is 0 Å². The van der Waals surface area contributed by atoms with Crippen LogP contribution >= 0.6 is 11.3 Å². The molecule has 0 spiro atoms. The van der Waals surface area contributed by atoms with E-state index in [-0.39, 0.29) is 16.3 Å². The Balaban J connectivity index is 2.13. The molecule has 0 aliphatic heterocycles. The van der Waals surface area contributed by atoms with E-state index in [0.29, 0.717) is 17.0 Å². The van der Waals surface area contributed by atoms with Crippen molar-refractivity contribution in [1.29, 1.82) is 0 Å². The number of rotatable bonds is 9. The first-order chi connectivity index (χ1) is 12.9. The molecule has 9 heteroatoms. The van der Waals surface area contributed by atoms with Crippen LogP contribution in [0.5, 0.6) is 0 Å². The van der Waals surface area contributed by atoms with Gasteiger partial charge < -0.3 is 15.7 Å². The van der Waals surface area contributed by atoms with Crippen molar-refractivity contribution < 1.29 is 19.6 Å². The Hall–Kier alpha value is -2.94. The zero-order valence-electron chi connectivity index (χ0n) is 14.9. The number of carbonyl (C=O) groups is 2. The first-order valence-electron chi connectivity index (χ1n) is 8.59. The summed E-state index contributed by atoms with van der Waals surface area (Å²) in [4.78, 5) is 34.4. The van der Waals surface area contributed by atoms with Crippen molar-refractivity contribution in [3.05, 3.63) is 45.3 Å². The van der Waals surface area contributed by atoms with E-state index in [2.05, 4.69) is 17.6 Å². The molecule has 0 bridgehead atoms. The zero-order valence-corrected chi connectivity index (χ0v) is 15.7. The number of aromatic carboxylic acids is 1. The van der Waals surface area contributed by atoms with Gasteiger partial charge in [-0.1, -0.05) is 38.3 Å². The number of carboxylic acids is 1. The minimum absolute atomic E-state index is 0.0300. The molecular weight excluding hydrogens is 370 g/mol. The van der Waals surface area contributed by atoms with Crippen molar-refractivity contribution in [3.63, 3.8) is 0 Å². The van der Waals surface area contributed by atoms with E-state index in [0.717, 1.165) is 37.0 Å². The molecule has 1 aromatic heterocycles. The minimum Gasteiger partial charge on any atom is -0.477 e. The molecule has 1 aromatic carbocycles. The van der Waals surface area contributed by atoms with Gasteiger partial charge in [0, 0.05) is 23.6 Å². The van der Waals surface area contributed by atoms with Gasteiger partial charge in [-0.05, 0) is 18.1 Å². The van der Waals surface area contributed by atoms with Crippen LogP contribution in [0.1, 0.15) is 42.3 Å². The largest absolute Gasteiger partial charge is 0.477 e. The zero-order chi connectivity index (χ0) is 19.8. The Morgan fingerprint density at radius 2 is 2.00 bits per heavy atom. The third kappa shape index (κ3) is 5.78. The first-order valence-corrected chi connectivity index (χ1v) is 9.40. The molecular formula is C18H21N3O5S.